The average Bonchev–Trinajstić information content (AvgIpc) is 2.84. The molecule has 0 aliphatic rings. The van der Waals surface area contributed by atoms with Gasteiger partial charge >= 0.3 is 11.7 Å². The van der Waals surface area contributed by atoms with Gasteiger partial charge in [0.15, 0.2) is 11.3 Å². The molecular weight excluding hydrogens is 460 g/mol. The molecule has 0 aliphatic heterocycles. The van der Waals surface area contributed by atoms with Crippen LogP contribution >= 0.6 is 0 Å². The molecule has 0 spiro atoms. The number of rotatable bonds is 11. The third-order valence-electron chi connectivity index (χ3n) is 6.69. The third-order valence-corrected chi connectivity index (χ3v) is 6.69. The topological polar surface area (TPSA) is 101 Å². The van der Waals surface area contributed by atoms with Crippen molar-refractivity contribution in [1.29, 1.82) is 0 Å². The number of carbonyl (C=O) groups excluding carboxylic acids is 1. The zero-order valence-corrected chi connectivity index (χ0v) is 22.0. The van der Waals surface area contributed by atoms with Gasteiger partial charge in [0.1, 0.15) is 12.1 Å². The Balaban J connectivity index is 1.88. The number of esters is 1. The molecule has 2 heterocycles. The number of ether oxygens (including phenoxy) is 2. The highest BCUT2D eigenvalue weighted by molar-refractivity contribution is 5.78. The summed E-state index contributed by atoms with van der Waals surface area (Å²) >= 11 is 0. The van der Waals surface area contributed by atoms with E-state index in [1.807, 2.05) is 6.92 Å². The molecule has 0 fully saturated rings. The van der Waals surface area contributed by atoms with Gasteiger partial charge in [0.05, 0.1) is 7.11 Å². The number of unbranched alkanes of at least 4 members (excludes halogenated alkanes) is 3. The molecule has 0 aliphatic carbocycles. The predicted octanol–water partition coefficient (Wildman–Crippen LogP) is 5.22. The second-order valence-corrected chi connectivity index (χ2v) is 9.37. The van der Waals surface area contributed by atoms with E-state index in [1.54, 1.807) is 0 Å². The summed E-state index contributed by atoms with van der Waals surface area (Å²) in [6.07, 6.45) is 6.22. The van der Waals surface area contributed by atoms with E-state index in [4.69, 9.17) is 13.9 Å². The number of pyridine rings is 1. The van der Waals surface area contributed by atoms with Crippen molar-refractivity contribution in [2.45, 2.75) is 84.8 Å². The van der Waals surface area contributed by atoms with Crippen LogP contribution in [0.15, 0.2) is 44.5 Å². The van der Waals surface area contributed by atoms with Crippen LogP contribution in [0.1, 0.15) is 81.5 Å². The van der Waals surface area contributed by atoms with Crippen LogP contribution in [0.3, 0.4) is 0 Å². The van der Waals surface area contributed by atoms with Crippen LogP contribution in [0.5, 0.6) is 5.75 Å². The van der Waals surface area contributed by atoms with Gasteiger partial charge in [0.25, 0.3) is 5.56 Å². The van der Waals surface area contributed by atoms with Gasteiger partial charge in [-0.05, 0) is 45.2 Å². The molecule has 3 atom stereocenters. The number of benzene rings is 1. The number of aryl methyl sites for hydroxylation is 2. The molecule has 0 saturated heterocycles. The molecule has 2 aromatic heterocycles. The van der Waals surface area contributed by atoms with Gasteiger partial charge in [-0.3, -0.25) is 4.79 Å². The molecule has 8 heteroatoms. The molecule has 3 aromatic rings. The summed E-state index contributed by atoms with van der Waals surface area (Å²) in [5.41, 5.74) is 2.59. The summed E-state index contributed by atoms with van der Waals surface area (Å²) in [6, 6.07) is 6.60. The highest BCUT2D eigenvalue weighted by atomic mass is 16.5. The average molecular weight is 497 g/mol. The first-order chi connectivity index (χ1) is 17.2. The minimum atomic E-state index is -1.19. The summed E-state index contributed by atoms with van der Waals surface area (Å²) in [5, 5.41) is 0. The van der Waals surface area contributed by atoms with Gasteiger partial charge in [-0.2, -0.15) is 0 Å². The second kappa shape index (κ2) is 12.0. The molecule has 1 aromatic carbocycles. The first-order valence-electron chi connectivity index (χ1n) is 12.6. The molecule has 8 nitrogen and oxygen atoms in total. The number of hydrogen-bond donors (Lipinski definition) is 0. The predicted molar refractivity (Wildman–Crippen MR) is 139 cm³/mol. The van der Waals surface area contributed by atoms with Crippen LogP contribution in [0.25, 0.3) is 11.1 Å². The van der Waals surface area contributed by atoms with Crippen molar-refractivity contribution in [2.75, 3.05) is 7.11 Å². The fraction of sp³-hybridized carbons (Fsp3) is 0.500. The van der Waals surface area contributed by atoms with E-state index in [9.17, 15) is 14.4 Å². The summed E-state index contributed by atoms with van der Waals surface area (Å²) in [5.74, 6) is -1.44. The quantitative estimate of drug-likeness (QED) is 0.265. The van der Waals surface area contributed by atoms with Crippen molar-refractivity contribution in [1.82, 2.24) is 9.55 Å². The summed E-state index contributed by atoms with van der Waals surface area (Å²) in [7, 11) is 1.40. The number of fused-ring (bicyclic) bond motifs is 1. The fourth-order valence-electron chi connectivity index (χ4n) is 4.65. The van der Waals surface area contributed by atoms with Crippen LogP contribution in [-0.4, -0.2) is 28.7 Å². The molecule has 0 N–H and O–H groups in total. The van der Waals surface area contributed by atoms with E-state index in [2.05, 4.69) is 44.0 Å². The van der Waals surface area contributed by atoms with Crippen LogP contribution in [0, 0.1) is 13.8 Å². The lowest BCUT2D eigenvalue weighted by Crippen LogP contribution is -2.40. The highest BCUT2D eigenvalue weighted by Crippen LogP contribution is 2.31. The van der Waals surface area contributed by atoms with Crippen molar-refractivity contribution < 1.29 is 18.7 Å². The molecule has 194 valence electrons. The number of carbonyl (C=O) groups is 1. The maximum Gasteiger partial charge on any atom is 0.423 e. The van der Waals surface area contributed by atoms with Gasteiger partial charge in [0.2, 0.25) is 5.58 Å². The monoisotopic (exact) mass is 496 g/mol. The molecule has 0 saturated carbocycles. The van der Waals surface area contributed by atoms with Gasteiger partial charge < -0.3 is 13.9 Å². The van der Waals surface area contributed by atoms with E-state index in [0.717, 1.165) is 47.8 Å². The lowest BCUT2D eigenvalue weighted by molar-refractivity contribution is -0.153. The summed E-state index contributed by atoms with van der Waals surface area (Å²) in [6.45, 7) is 9.61. The van der Waals surface area contributed by atoms with Crippen molar-refractivity contribution in [3.63, 3.8) is 0 Å². The Bertz CT molecular complexity index is 1330. The van der Waals surface area contributed by atoms with E-state index in [-0.39, 0.29) is 22.8 Å². The number of methoxy groups -OCH3 is 1. The van der Waals surface area contributed by atoms with Crippen LogP contribution in [-0.2, 0) is 9.53 Å². The van der Waals surface area contributed by atoms with E-state index >= 15 is 0 Å². The molecule has 0 amide bonds. The highest BCUT2D eigenvalue weighted by Gasteiger charge is 2.29. The molecular formula is C28H36N2O6. The lowest BCUT2D eigenvalue weighted by Gasteiger charge is -2.27. The van der Waals surface area contributed by atoms with Crippen molar-refractivity contribution >= 4 is 17.1 Å². The van der Waals surface area contributed by atoms with Crippen LogP contribution in [0.2, 0.25) is 0 Å². The molecule has 3 rings (SSSR count). The Morgan fingerprint density at radius 2 is 1.86 bits per heavy atom. The Hall–Kier alpha value is -3.42. The van der Waals surface area contributed by atoms with Crippen molar-refractivity contribution in [2.24, 2.45) is 0 Å². The normalized spacial score (nSPS) is 13.8. The Kier molecular flexibility index (Phi) is 9.07. The zero-order valence-electron chi connectivity index (χ0n) is 22.0. The van der Waals surface area contributed by atoms with Crippen LogP contribution < -0.4 is 16.1 Å². The minimum Gasteiger partial charge on any atom is -0.493 e. The van der Waals surface area contributed by atoms with Crippen molar-refractivity contribution in [3.05, 3.63) is 68.1 Å². The van der Waals surface area contributed by atoms with E-state index in [1.165, 1.54) is 31.9 Å². The second-order valence-electron chi connectivity index (χ2n) is 9.37. The fourth-order valence-corrected chi connectivity index (χ4v) is 4.65. The maximum absolute atomic E-state index is 13.2. The van der Waals surface area contributed by atoms with E-state index < -0.39 is 29.4 Å². The number of nitrogens with zero attached hydrogens (tertiary/aromatic N) is 2. The third kappa shape index (κ3) is 5.86. The summed E-state index contributed by atoms with van der Waals surface area (Å²) < 4.78 is 17.1. The minimum absolute atomic E-state index is 0.00531. The van der Waals surface area contributed by atoms with Crippen LogP contribution in [0.4, 0.5) is 0 Å². The molecule has 0 bridgehead atoms. The standard InChI is InChI=1S/C28H36N2O6/c1-7-8-9-10-11-22(21-13-12-17(2)16-18(21)3)20(5)35-27(32)19(4)30-26(31)24-25(36-28(30)33)23(34-6)14-15-29-24/h12-16,19-20,22H,7-11H2,1-6H3/t19-,20-,22-/m0/s1. The Labute approximate surface area is 211 Å². The summed E-state index contributed by atoms with van der Waals surface area (Å²) in [4.78, 5) is 42.9. The zero-order chi connectivity index (χ0) is 26.4. The number of aromatic nitrogens is 2. The van der Waals surface area contributed by atoms with Gasteiger partial charge in [-0.15, -0.1) is 0 Å². The van der Waals surface area contributed by atoms with Gasteiger partial charge in [-0.1, -0.05) is 56.4 Å². The molecule has 0 unspecified atom stereocenters. The van der Waals surface area contributed by atoms with Crippen molar-refractivity contribution in [3.8, 4) is 5.75 Å². The Morgan fingerprint density at radius 3 is 2.53 bits per heavy atom. The SMILES string of the molecule is CCCCCC[C@H](c1ccc(C)cc1C)[C@H](C)OC(=O)[C@H](C)n1c(=O)oc2c(OC)ccnc2c1=O. The largest absolute Gasteiger partial charge is 0.493 e. The Morgan fingerprint density at radius 1 is 1.11 bits per heavy atom. The first-order valence-corrected chi connectivity index (χ1v) is 12.6. The van der Waals surface area contributed by atoms with E-state index in [0.29, 0.717) is 0 Å². The molecule has 36 heavy (non-hydrogen) atoms. The lowest BCUT2D eigenvalue weighted by atomic mass is 9.85. The van der Waals surface area contributed by atoms with Gasteiger partial charge in [-0.25, -0.2) is 19.1 Å². The number of hydrogen-bond acceptors (Lipinski definition) is 7. The first kappa shape index (κ1) is 27.2. The molecule has 0 radical (unpaired) electrons. The van der Waals surface area contributed by atoms with Gasteiger partial charge in [0, 0.05) is 18.2 Å². The maximum atomic E-state index is 13.2. The smallest absolute Gasteiger partial charge is 0.423 e.